The molecule has 28 heavy (non-hydrogen) atoms. The van der Waals surface area contributed by atoms with E-state index in [1.807, 2.05) is 37.3 Å². The third kappa shape index (κ3) is 4.18. The molecule has 0 spiro atoms. The Hall–Kier alpha value is -2.05. The molecular formula is C21H25ClN2O3S. The number of nitrogens with one attached hydrogen (secondary N) is 2. The normalized spacial score (nSPS) is 17.1. The monoisotopic (exact) mass is 420 g/mol. The first-order chi connectivity index (χ1) is 13.2. The number of anilines is 2. The molecule has 2 N–H and O–H groups in total. The molecule has 7 heteroatoms. The minimum Gasteiger partial charge on any atom is -0.377 e. The molecule has 1 aliphatic rings. The fourth-order valence-corrected chi connectivity index (χ4v) is 5.38. The van der Waals surface area contributed by atoms with Crippen LogP contribution in [0.15, 0.2) is 48.5 Å². The first-order valence-corrected chi connectivity index (χ1v) is 11.6. The smallest absolute Gasteiger partial charge is 0.245 e. The summed E-state index contributed by atoms with van der Waals surface area (Å²) in [5.41, 5.74) is 2.37. The topological polar surface area (TPSA) is 75.3 Å². The van der Waals surface area contributed by atoms with Gasteiger partial charge in [-0.3, -0.25) is 4.79 Å². The lowest BCUT2D eigenvalue weighted by Crippen LogP contribution is -2.47. The fourth-order valence-electron chi connectivity index (χ4n) is 3.73. The van der Waals surface area contributed by atoms with Gasteiger partial charge in [-0.1, -0.05) is 54.8 Å². The highest BCUT2D eigenvalue weighted by Gasteiger charge is 2.49. The van der Waals surface area contributed by atoms with Crippen molar-refractivity contribution in [2.45, 2.75) is 43.4 Å². The summed E-state index contributed by atoms with van der Waals surface area (Å²) >= 11 is 6.40. The summed E-state index contributed by atoms with van der Waals surface area (Å²) in [5, 5.41) is 6.57. The van der Waals surface area contributed by atoms with Crippen LogP contribution in [-0.2, 0) is 14.6 Å². The molecule has 1 amide bonds. The third-order valence-corrected chi connectivity index (χ3v) is 7.76. The van der Waals surface area contributed by atoms with Crippen molar-refractivity contribution in [3.8, 4) is 0 Å². The van der Waals surface area contributed by atoms with Crippen molar-refractivity contribution >= 4 is 38.7 Å². The van der Waals surface area contributed by atoms with Gasteiger partial charge in [0.15, 0.2) is 14.6 Å². The van der Waals surface area contributed by atoms with Crippen molar-refractivity contribution in [1.82, 2.24) is 0 Å². The molecule has 2 aromatic carbocycles. The average molecular weight is 421 g/mol. The van der Waals surface area contributed by atoms with Crippen molar-refractivity contribution in [2.75, 3.05) is 16.9 Å². The third-order valence-electron chi connectivity index (χ3n) is 5.43. The Morgan fingerprint density at radius 3 is 2.32 bits per heavy atom. The number of halogens is 1. The van der Waals surface area contributed by atoms with E-state index in [-0.39, 0.29) is 6.04 Å². The lowest BCUT2D eigenvalue weighted by Gasteiger charge is -2.25. The Morgan fingerprint density at radius 2 is 1.75 bits per heavy atom. The number of benzene rings is 2. The van der Waals surface area contributed by atoms with Gasteiger partial charge in [-0.05, 0) is 43.5 Å². The highest BCUT2D eigenvalue weighted by atomic mass is 35.5. The van der Waals surface area contributed by atoms with Crippen LogP contribution < -0.4 is 10.6 Å². The molecule has 2 aromatic rings. The van der Waals surface area contributed by atoms with Crippen LogP contribution in [0.3, 0.4) is 0 Å². The van der Waals surface area contributed by atoms with E-state index in [1.54, 1.807) is 18.2 Å². The van der Waals surface area contributed by atoms with Crippen LogP contribution in [0.1, 0.15) is 44.2 Å². The maximum atomic E-state index is 12.8. The van der Waals surface area contributed by atoms with Crippen LogP contribution in [0, 0.1) is 0 Å². The number of carbonyl (C=O) groups is 1. The molecule has 0 saturated heterocycles. The highest BCUT2D eigenvalue weighted by Crippen LogP contribution is 2.38. The first-order valence-electron chi connectivity index (χ1n) is 9.35. The Labute approximate surface area is 171 Å². The van der Waals surface area contributed by atoms with Crippen LogP contribution in [0.2, 0.25) is 5.02 Å². The minimum absolute atomic E-state index is 0.0612. The van der Waals surface area contributed by atoms with Crippen molar-refractivity contribution in [1.29, 1.82) is 0 Å². The number of hydrogen-bond acceptors (Lipinski definition) is 4. The van der Waals surface area contributed by atoms with Crippen molar-refractivity contribution in [3.63, 3.8) is 0 Å². The van der Waals surface area contributed by atoms with Crippen molar-refractivity contribution < 1.29 is 13.2 Å². The van der Waals surface area contributed by atoms with E-state index < -0.39 is 20.5 Å². The molecule has 0 bridgehead atoms. The Bertz CT molecular complexity index is 955. The summed E-state index contributed by atoms with van der Waals surface area (Å²) in [4.78, 5) is 12.8. The summed E-state index contributed by atoms with van der Waals surface area (Å²) in [6, 6.07) is 15.2. The highest BCUT2D eigenvalue weighted by molar-refractivity contribution is 7.92. The zero-order valence-electron chi connectivity index (χ0n) is 16.0. The molecule has 3 rings (SSSR count). The van der Waals surface area contributed by atoms with E-state index >= 15 is 0 Å². The Morgan fingerprint density at radius 1 is 1.11 bits per heavy atom. The fraction of sp³-hybridized carbons (Fsp3) is 0.381. The Kier molecular flexibility index (Phi) is 6.01. The van der Waals surface area contributed by atoms with Gasteiger partial charge in [-0.25, -0.2) is 8.42 Å². The van der Waals surface area contributed by atoms with Crippen LogP contribution in [0.25, 0.3) is 0 Å². The lowest BCUT2D eigenvalue weighted by molar-refractivity contribution is -0.118. The average Bonchev–Trinajstić information content (AvgIpc) is 3.16. The lowest BCUT2D eigenvalue weighted by atomic mass is 10.1. The number of sulfone groups is 1. The molecular weight excluding hydrogens is 396 g/mol. The molecule has 1 saturated carbocycles. The number of amides is 1. The molecule has 150 valence electrons. The number of hydrogen-bond donors (Lipinski definition) is 2. The second-order valence-corrected chi connectivity index (χ2v) is 10.1. The van der Waals surface area contributed by atoms with E-state index in [2.05, 4.69) is 10.6 Å². The predicted octanol–water partition coefficient (Wildman–Crippen LogP) is 4.81. The predicted molar refractivity (Wildman–Crippen MR) is 115 cm³/mol. The quantitative estimate of drug-likeness (QED) is 0.703. The van der Waals surface area contributed by atoms with Gasteiger partial charge in [0.1, 0.15) is 0 Å². The second-order valence-electron chi connectivity index (χ2n) is 7.40. The standard InChI is InChI=1S/C21H25ClN2O3S/c1-15(16-8-4-3-5-9-16)23-19-11-10-17(14-18(19)22)24-20(25)21(28(2,26)27)12-6-7-13-21/h3-5,8-11,14-15,23H,6-7,12-13H2,1-2H3,(H,24,25). The van der Waals surface area contributed by atoms with Gasteiger partial charge in [-0.2, -0.15) is 0 Å². The van der Waals surface area contributed by atoms with Crippen LogP contribution in [-0.4, -0.2) is 25.3 Å². The van der Waals surface area contributed by atoms with Gasteiger partial charge in [0.2, 0.25) is 5.91 Å². The molecule has 0 aromatic heterocycles. The molecule has 1 aliphatic carbocycles. The van der Waals surface area contributed by atoms with E-state index in [0.29, 0.717) is 23.6 Å². The maximum Gasteiger partial charge on any atom is 0.245 e. The van der Waals surface area contributed by atoms with Crippen LogP contribution in [0.4, 0.5) is 11.4 Å². The minimum atomic E-state index is -3.51. The van der Waals surface area contributed by atoms with Crippen LogP contribution >= 0.6 is 11.6 Å². The SMILES string of the molecule is CC(Nc1ccc(NC(=O)C2(S(C)(=O)=O)CCCC2)cc1Cl)c1ccccc1. The first kappa shape index (κ1) is 20.7. The van der Waals surface area contributed by atoms with E-state index in [9.17, 15) is 13.2 Å². The van der Waals surface area contributed by atoms with E-state index in [4.69, 9.17) is 11.6 Å². The van der Waals surface area contributed by atoms with Gasteiger partial charge in [0.05, 0.1) is 10.7 Å². The maximum absolute atomic E-state index is 12.8. The van der Waals surface area contributed by atoms with Gasteiger partial charge < -0.3 is 10.6 Å². The molecule has 1 unspecified atom stereocenters. The Balaban J connectivity index is 1.74. The molecule has 5 nitrogen and oxygen atoms in total. The zero-order valence-corrected chi connectivity index (χ0v) is 17.6. The summed E-state index contributed by atoms with van der Waals surface area (Å²) in [7, 11) is -3.51. The molecule has 0 aliphatic heterocycles. The van der Waals surface area contributed by atoms with Gasteiger partial charge >= 0.3 is 0 Å². The summed E-state index contributed by atoms with van der Waals surface area (Å²) in [5.74, 6) is -0.470. The van der Waals surface area contributed by atoms with Crippen LogP contribution in [0.5, 0.6) is 0 Å². The largest absolute Gasteiger partial charge is 0.377 e. The number of rotatable bonds is 6. The van der Waals surface area contributed by atoms with Gasteiger partial charge in [0, 0.05) is 18.0 Å². The van der Waals surface area contributed by atoms with Gasteiger partial charge in [-0.15, -0.1) is 0 Å². The molecule has 1 atom stereocenters. The number of carbonyl (C=O) groups excluding carboxylic acids is 1. The summed E-state index contributed by atoms with van der Waals surface area (Å²) in [6.07, 6.45) is 3.34. The molecule has 0 radical (unpaired) electrons. The summed E-state index contributed by atoms with van der Waals surface area (Å²) in [6.45, 7) is 2.04. The summed E-state index contributed by atoms with van der Waals surface area (Å²) < 4.78 is 23.2. The second kappa shape index (κ2) is 8.13. The van der Waals surface area contributed by atoms with E-state index in [0.717, 1.165) is 30.3 Å². The zero-order chi connectivity index (χ0) is 20.4. The molecule has 0 heterocycles. The van der Waals surface area contributed by atoms with E-state index in [1.165, 1.54) is 0 Å². The molecule has 1 fully saturated rings. The van der Waals surface area contributed by atoms with Gasteiger partial charge in [0.25, 0.3) is 0 Å². The van der Waals surface area contributed by atoms with Crippen molar-refractivity contribution in [3.05, 3.63) is 59.1 Å². The van der Waals surface area contributed by atoms with Crippen molar-refractivity contribution in [2.24, 2.45) is 0 Å².